The van der Waals surface area contributed by atoms with Crippen molar-refractivity contribution >= 4 is 40.9 Å². The maximum absolute atomic E-state index is 12.5. The van der Waals surface area contributed by atoms with E-state index in [-0.39, 0.29) is 17.4 Å². The van der Waals surface area contributed by atoms with Gasteiger partial charge in [-0.2, -0.15) is 0 Å². The molecule has 0 saturated carbocycles. The summed E-state index contributed by atoms with van der Waals surface area (Å²) in [6.07, 6.45) is 9.54. The lowest BCUT2D eigenvalue weighted by molar-refractivity contribution is -0.116. The number of thioether (sulfide) groups is 1. The lowest BCUT2D eigenvalue weighted by atomic mass is 9.88. The van der Waals surface area contributed by atoms with E-state index in [0.717, 1.165) is 42.4 Å². The molecule has 2 fully saturated rings. The van der Waals surface area contributed by atoms with Gasteiger partial charge >= 0.3 is 6.03 Å². The first-order valence-corrected chi connectivity index (χ1v) is 11.6. The molecule has 2 aliphatic rings. The average molecular weight is 433 g/mol. The minimum Gasteiger partial charge on any atom is -0.330 e. The lowest BCUT2D eigenvalue weighted by Gasteiger charge is -2.38. The lowest BCUT2D eigenvalue weighted by Crippen LogP contribution is -2.52. The van der Waals surface area contributed by atoms with Crippen LogP contribution in [0.3, 0.4) is 0 Å². The van der Waals surface area contributed by atoms with Crippen molar-refractivity contribution in [3.05, 3.63) is 28.5 Å². The minimum absolute atomic E-state index is 0.119. The summed E-state index contributed by atoms with van der Waals surface area (Å²) in [6.45, 7) is 4.83. The number of thiazole rings is 1. The van der Waals surface area contributed by atoms with Crippen molar-refractivity contribution in [3.63, 3.8) is 0 Å². The molecular weight excluding hydrogens is 408 g/mol. The van der Waals surface area contributed by atoms with Gasteiger partial charge < -0.3 is 5.32 Å². The Morgan fingerprint density at radius 1 is 1.24 bits per heavy atom. The normalized spacial score (nSPS) is 19.0. The van der Waals surface area contributed by atoms with Crippen LogP contribution in [0.1, 0.15) is 29.7 Å². The first-order valence-electron chi connectivity index (χ1n) is 9.57. The molecule has 0 unspecified atom stereocenters. The van der Waals surface area contributed by atoms with Gasteiger partial charge in [-0.1, -0.05) is 0 Å². The molecule has 2 aliphatic heterocycles. The number of Topliss-reactive ketones (excluding diaryl/α,β-unsaturated/α-hetero) is 1. The number of amides is 2. The highest BCUT2D eigenvalue weighted by atomic mass is 32.2. The third-order valence-corrected chi connectivity index (χ3v) is 7.03. The molecule has 0 aromatic carbocycles. The van der Waals surface area contributed by atoms with E-state index in [1.54, 1.807) is 47.3 Å². The van der Waals surface area contributed by atoms with Crippen molar-refractivity contribution in [2.24, 2.45) is 0 Å². The number of carbonyl (C=O) groups is 2. The Balaban J connectivity index is 1.34. The highest BCUT2D eigenvalue weighted by Crippen LogP contribution is 2.31. The third-order valence-electron chi connectivity index (χ3n) is 5.36. The number of piperidine rings is 1. The Morgan fingerprint density at radius 2 is 1.97 bits per heavy atom. The number of likely N-dealkylation sites (tertiary alicyclic amines) is 1. The van der Waals surface area contributed by atoms with Gasteiger partial charge in [-0.05, 0) is 26.0 Å². The van der Waals surface area contributed by atoms with Crippen molar-refractivity contribution in [2.45, 2.75) is 43.2 Å². The Labute approximate surface area is 178 Å². The van der Waals surface area contributed by atoms with Gasteiger partial charge in [0.15, 0.2) is 0 Å². The van der Waals surface area contributed by atoms with Crippen LogP contribution in [0.2, 0.25) is 0 Å². The molecule has 10 heteroatoms. The second kappa shape index (κ2) is 8.37. The topological polar surface area (TPSA) is 91.3 Å². The van der Waals surface area contributed by atoms with Crippen LogP contribution in [0.25, 0.3) is 0 Å². The molecule has 2 saturated heterocycles. The highest BCUT2D eigenvalue weighted by Gasteiger charge is 2.45. The van der Waals surface area contributed by atoms with E-state index in [1.807, 2.05) is 12.5 Å². The number of nitrogens with one attached hydrogen (secondary N) is 1. The van der Waals surface area contributed by atoms with Crippen LogP contribution in [-0.2, 0) is 17.8 Å². The molecule has 0 bridgehead atoms. The molecule has 2 aromatic heterocycles. The van der Waals surface area contributed by atoms with E-state index in [1.165, 1.54) is 4.88 Å². The van der Waals surface area contributed by atoms with Gasteiger partial charge in [0.25, 0.3) is 0 Å². The van der Waals surface area contributed by atoms with Gasteiger partial charge in [0.05, 0.1) is 18.5 Å². The largest absolute Gasteiger partial charge is 0.330 e. The number of carbonyl (C=O) groups excluding carboxylic acids is 2. The van der Waals surface area contributed by atoms with Crippen LogP contribution in [-0.4, -0.2) is 63.1 Å². The van der Waals surface area contributed by atoms with Crippen LogP contribution >= 0.6 is 23.1 Å². The fourth-order valence-corrected chi connectivity index (χ4v) is 5.13. The van der Waals surface area contributed by atoms with Crippen LogP contribution in [0.4, 0.5) is 10.7 Å². The Hall–Kier alpha value is -2.04. The molecule has 29 heavy (non-hydrogen) atoms. The second-order valence-electron chi connectivity index (χ2n) is 7.59. The summed E-state index contributed by atoms with van der Waals surface area (Å²) in [5.41, 5.74) is -0.220. The molecule has 2 amide bonds. The van der Waals surface area contributed by atoms with Crippen molar-refractivity contribution in [3.8, 4) is 0 Å². The predicted molar refractivity (Wildman–Crippen MR) is 113 cm³/mol. The summed E-state index contributed by atoms with van der Waals surface area (Å²) in [7, 11) is 0. The van der Waals surface area contributed by atoms with Gasteiger partial charge in [-0.3, -0.25) is 14.6 Å². The molecule has 4 heterocycles. The zero-order valence-electron chi connectivity index (χ0n) is 16.6. The summed E-state index contributed by atoms with van der Waals surface area (Å²) in [5, 5.41) is 4.07. The van der Waals surface area contributed by atoms with Crippen molar-refractivity contribution in [1.29, 1.82) is 0 Å². The number of hydrogen-bond acceptors (Lipinski definition) is 8. The highest BCUT2D eigenvalue weighted by molar-refractivity contribution is 7.98. The Bertz CT molecular complexity index is 892. The van der Waals surface area contributed by atoms with Gasteiger partial charge in [-0.15, -0.1) is 23.1 Å². The van der Waals surface area contributed by atoms with Gasteiger partial charge in [0.1, 0.15) is 10.8 Å². The number of urea groups is 1. The zero-order chi connectivity index (χ0) is 20.4. The monoisotopic (exact) mass is 432 g/mol. The van der Waals surface area contributed by atoms with E-state index in [9.17, 15) is 9.59 Å². The van der Waals surface area contributed by atoms with E-state index in [2.05, 4.69) is 25.2 Å². The molecule has 2 aromatic rings. The van der Waals surface area contributed by atoms with Gasteiger partial charge in [0.2, 0.25) is 5.95 Å². The average Bonchev–Trinajstić information content (AvgIpc) is 3.27. The first kappa shape index (κ1) is 20.2. The third kappa shape index (κ3) is 4.59. The maximum atomic E-state index is 12.5. The summed E-state index contributed by atoms with van der Waals surface area (Å²) in [5.74, 6) is 0.599. The summed E-state index contributed by atoms with van der Waals surface area (Å²) >= 11 is 3.19. The molecule has 0 aliphatic carbocycles. The van der Waals surface area contributed by atoms with Crippen LogP contribution < -0.4 is 10.2 Å². The molecule has 8 nitrogen and oxygen atoms in total. The summed E-state index contributed by atoms with van der Waals surface area (Å²) < 4.78 is 0. The SMILES string of the molecule is CSc1cnc(N2CC3(CCN(Cc4cnc(CC(C)=O)s4)CC3)NC2=O)nc1. The van der Waals surface area contributed by atoms with Crippen LogP contribution in [0.5, 0.6) is 0 Å². The molecule has 154 valence electrons. The van der Waals surface area contributed by atoms with Crippen LogP contribution in [0.15, 0.2) is 23.5 Å². The predicted octanol–water partition coefficient (Wildman–Crippen LogP) is 2.35. The van der Waals surface area contributed by atoms with E-state index < -0.39 is 0 Å². The number of rotatable bonds is 6. The smallest absolute Gasteiger partial charge is 0.324 e. The number of ketones is 1. The number of hydrogen-bond donors (Lipinski definition) is 1. The molecule has 0 atom stereocenters. The zero-order valence-corrected chi connectivity index (χ0v) is 18.2. The molecular formula is C19H24N6O2S2. The fourth-order valence-electron chi connectivity index (χ4n) is 3.78. The molecule has 4 rings (SSSR count). The minimum atomic E-state index is -0.220. The Kier molecular flexibility index (Phi) is 5.84. The standard InChI is InChI=1S/C19H24N6O2S2/c1-13(26)7-16-20-10-15(29-16)11-24-5-3-19(4-6-24)12-25(18(27)23-19)17-21-8-14(28-2)9-22-17/h8-10H,3-7,11-12H2,1-2H3,(H,23,27). The van der Waals surface area contributed by atoms with Gasteiger partial charge in [-0.25, -0.2) is 19.7 Å². The molecule has 0 radical (unpaired) electrons. The van der Waals surface area contributed by atoms with E-state index in [0.29, 0.717) is 18.9 Å². The molecule has 1 spiro atoms. The van der Waals surface area contributed by atoms with Crippen LogP contribution in [0, 0.1) is 0 Å². The number of nitrogens with zero attached hydrogens (tertiary/aromatic N) is 5. The second-order valence-corrected chi connectivity index (χ2v) is 9.67. The van der Waals surface area contributed by atoms with Crippen molar-refractivity contribution < 1.29 is 9.59 Å². The summed E-state index contributed by atoms with van der Waals surface area (Å²) in [6, 6.07) is -0.119. The first-order chi connectivity index (χ1) is 14.0. The van der Waals surface area contributed by atoms with E-state index >= 15 is 0 Å². The van der Waals surface area contributed by atoms with E-state index in [4.69, 9.17) is 0 Å². The Morgan fingerprint density at radius 3 is 2.62 bits per heavy atom. The fraction of sp³-hybridized carbons (Fsp3) is 0.526. The van der Waals surface area contributed by atoms with Crippen molar-refractivity contribution in [1.82, 2.24) is 25.2 Å². The molecule has 1 N–H and O–H groups in total. The maximum Gasteiger partial charge on any atom is 0.324 e. The van der Waals surface area contributed by atoms with Crippen molar-refractivity contribution in [2.75, 3.05) is 30.8 Å². The van der Waals surface area contributed by atoms with Gasteiger partial charge in [0, 0.05) is 48.0 Å². The number of anilines is 1. The quantitative estimate of drug-likeness (QED) is 0.701. The number of aromatic nitrogens is 3. The summed E-state index contributed by atoms with van der Waals surface area (Å²) in [4.78, 5) is 43.0.